The molecule has 3 aromatic rings. The largest absolute Gasteiger partial charge is 0.350 e. The molecule has 0 saturated carbocycles. The second-order valence-corrected chi connectivity index (χ2v) is 6.07. The lowest BCUT2D eigenvalue weighted by atomic mass is 10.2. The number of aromatic amines is 1. The predicted molar refractivity (Wildman–Crippen MR) is 82.0 cm³/mol. The highest BCUT2D eigenvalue weighted by atomic mass is 79.9. The highest BCUT2D eigenvalue weighted by molar-refractivity contribution is 9.10. The lowest BCUT2D eigenvalue weighted by molar-refractivity contribution is 1.23. The summed E-state index contributed by atoms with van der Waals surface area (Å²) < 4.78 is 1.14. The van der Waals surface area contributed by atoms with E-state index in [-0.39, 0.29) is 0 Å². The molecule has 0 amide bonds. The van der Waals surface area contributed by atoms with Crippen LogP contribution in [0.3, 0.4) is 0 Å². The van der Waals surface area contributed by atoms with Gasteiger partial charge in [0.25, 0.3) is 0 Å². The average molecular weight is 318 g/mol. The summed E-state index contributed by atoms with van der Waals surface area (Å²) in [7, 11) is 0. The molecule has 1 nitrogen and oxygen atoms in total. The third-order valence-corrected chi connectivity index (χ3v) is 4.29. The lowest BCUT2D eigenvalue weighted by Gasteiger charge is -2.00. The normalized spacial score (nSPS) is 10.9. The molecule has 1 heterocycles. The standard InChI is InChI=1S/C15H12BrNS/c16-13-6-3-4-11(8-13)10-18-15-9-12-5-1-2-7-14(12)17-15/h1-9,17H,10H2. The maximum Gasteiger partial charge on any atom is 0.0735 e. The monoisotopic (exact) mass is 317 g/mol. The van der Waals surface area contributed by atoms with E-state index in [1.165, 1.54) is 21.5 Å². The Balaban J connectivity index is 1.76. The van der Waals surface area contributed by atoms with E-state index in [1.807, 2.05) is 11.8 Å². The van der Waals surface area contributed by atoms with Gasteiger partial charge in [-0.2, -0.15) is 0 Å². The Morgan fingerprint density at radius 3 is 2.72 bits per heavy atom. The Morgan fingerprint density at radius 2 is 1.89 bits per heavy atom. The first-order valence-electron chi connectivity index (χ1n) is 5.76. The quantitative estimate of drug-likeness (QED) is 0.654. The Bertz CT molecular complexity index is 642. The van der Waals surface area contributed by atoms with Gasteiger partial charge in [0.15, 0.2) is 0 Å². The maximum atomic E-state index is 3.50. The van der Waals surface area contributed by atoms with Gasteiger partial charge in [-0.15, -0.1) is 11.8 Å². The number of hydrogen-bond acceptors (Lipinski definition) is 1. The number of para-hydroxylation sites is 1. The zero-order chi connectivity index (χ0) is 12.4. The fourth-order valence-corrected chi connectivity index (χ4v) is 3.25. The van der Waals surface area contributed by atoms with Gasteiger partial charge >= 0.3 is 0 Å². The third kappa shape index (κ3) is 2.62. The highest BCUT2D eigenvalue weighted by Crippen LogP contribution is 2.26. The van der Waals surface area contributed by atoms with Crippen molar-refractivity contribution >= 4 is 38.6 Å². The van der Waals surface area contributed by atoms with Crippen molar-refractivity contribution in [1.82, 2.24) is 4.98 Å². The number of thioether (sulfide) groups is 1. The van der Waals surface area contributed by atoms with Crippen LogP contribution in [0.2, 0.25) is 0 Å². The van der Waals surface area contributed by atoms with Gasteiger partial charge < -0.3 is 4.98 Å². The molecular weight excluding hydrogens is 306 g/mol. The topological polar surface area (TPSA) is 15.8 Å². The van der Waals surface area contributed by atoms with Crippen molar-refractivity contribution in [1.29, 1.82) is 0 Å². The molecule has 0 bridgehead atoms. The minimum Gasteiger partial charge on any atom is -0.350 e. The number of benzene rings is 2. The number of nitrogens with one attached hydrogen (secondary N) is 1. The molecule has 0 aliphatic heterocycles. The van der Waals surface area contributed by atoms with E-state index in [1.54, 1.807) is 0 Å². The second-order valence-electron chi connectivity index (χ2n) is 4.14. The smallest absolute Gasteiger partial charge is 0.0735 e. The van der Waals surface area contributed by atoms with Crippen LogP contribution in [-0.4, -0.2) is 4.98 Å². The van der Waals surface area contributed by atoms with Gasteiger partial charge in [0.1, 0.15) is 0 Å². The van der Waals surface area contributed by atoms with Crippen LogP contribution < -0.4 is 0 Å². The maximum absolute atomic E-state index is 3.50. The molecule has 2 aromatic carbocycles. The molecule has 90 valence electrons. The number of rotatable bonds is 3. The minimum absolute atomic E-state index is 0.978. The van der Waals surface area contributed by atoms with E-state index < -0.39 is 0 Å². The molecule has 0 aliphatic rings. The molecule has 1 N–H and O–H groups in total. The molecule has 1 aromatic heterocycles. The summed E-state index contributed by atoms with van der Waals surface area (Å²) in [6, 6.07) is 19.0. The van der Waals surface area contributed by atoms with Crippen LogP contribution >= 0.6 is 27.7 Å². The highest BCUT2D eigenvalue weighted by Gasteiger charge is 2.01. The molecular formula is C15H12BrNS. The first kappa shape index (κ1) is 11.9. The Labute approximate surface area is 119 Å². The van der Waals surface area contributed by atoms with Gasteiger partial charge in [0, 0.05) is 21.1 Å². The number of hydrogen-bond donors (Lipinski definition) is 1. The summed E-state index contributed by atoms with van der Waals surface area (Å²) in [6.07, 6.45) is 0. The van der Waals surface area contributed by atoms with Crippen molar-refractivity contribution < 1.29 is 0 Å². The first-order chi connectivity index (χ1) is 8.81. The number of aromatic nitrogens is 1. The molecule has 0 radical (unpaired) electrons. The first-order valence-corrected chi connectivity index (χ1v) is 7.54. The molecule has 0 unspecified atom stereocenters. The van der Waals surface area contributed by atoms with Crippen molar-refractivity contribution in [3.05, 3.63) is 64.6 Å². The van der Waals surface area contributed by atoms with Crippen molar-refractivity contribution in [3.63, 3.8) is 0 Å². The van der Waals surface area contributed by atoms with Crippen LogP contribution in [0.4, 0.5) is 0 Å². The van der Waals surface area contributed by atoms with Crippen LogP contribution in [0, 0.1) is 0 Å². The van der Waals surface area contributed by atoms with E-state index >= 15 is 0 Å². The van der Waals surface area contributed by atoms with Crippen molar-refractivity contribution in [2.45, 2.75) is 10.8 Å². The third-order valence-electron chi connectivity index (χ3n) is 2.79. The summed E-state index contributed by atoms with van der Waals surface area (Å²) in [5, 5.41) is 2.49. The lowest BCUT2D eigenvalue weighted by Crippen LogP contribution is -1.80. The summed E-state index contributed by atoms with van der Waals surface area (Å²) >= 11 is 5.33. The van der Waals surface area contributed by atoms with Gasteiger partial charge in [-0.25, -0.2) is 0 Å². The van der Waals surface area contributed by atoms with Crippen LogP contribution in [0.1, 0.15) is 5.56 Å². The van der Waals surface area contributed by atoms with Crippen molar-refractivity contribution in [3.8, 4) is 0 Å². The summed E-state index contributed by atoms with van der Waals surface area (Å²) in [4.78, 5) is 3.43. The summed E-state index contributed by atoms with van der Waals surface area (Å²) in [6.45, 7) is 0. The second kappa shape index (κ2) is 5.21. The molecule has 3 rings (SSSR count). The molecule has 0 spiro atoms. The molecule has 0 saturated heterocycles. The van der Waals surface area contributed by atoms with E-state index in [2.05, 4.69) is 75.5 Å². The van der Waals surface area contributed by atoms with Crippen molar-refractivity contribution in [2.24, 2.45) is 0 Å². The zero-order valence-electron chi connectivity index (χ0n) is 9.69. The minimum atomic E-state index is 0.978. The van der Waals surface area contributed by atoms with E-state index in [9.17, 15) is 0 Å². The number of halogens is 1. The van der Waals surface area contributed by atoms with E-state index in [0.717, 1.165) is 10.2 Å². The van der Waals surface area contributed by atoms with E-state index in [4.69, 9.17) is 0 Å². The molecule has 0 fully saturated rings. The van der Waals surface area contributed by atoms with Gasteiger partial charge in [-0.3, -0.25) is 0 Å². The predicted octanol–water partition coefficient (Wildman–Crippen LogP) is 5.22. The molecule has 0 atom stereocenters. The Hall–Kier alpha value is -1.19. The Kier molecular flexibility index (Phi) is 3.43. The SMILES string of the molecule is Brc1cccc(CSc2cc3ccccc3[nH]2)c1. The fraction of sp³-hybridized carbons (Fsp3) is 0.0667. The van der Waals surface area contributed by atoms with Crippen LogP contribution in [0.25, 0.3) is 10.9 Å². The Morgan fingerprint density at radius 1 is 1.00 bits per heavy atom. The van der Waals surface area contributed by atoms with Crippen molar-refractivity contribution in [2.75, 3.05) is 0 Å². The summed E-state index contributed by atoms with van der Waals surface area (Å²) in [5.41, 5.74) is 2.53. The van der Waals surface area contributed by atoms with Gasteiger partial charge in [0.05, 0.1) is 5.03 Å². The zero-order valence-corrected chi connectivity index (χ0v) is 12.1. The fourth-order valence-electron chi connectivity index (χ4n) is 1.91. The average Bonchev–Trinajstić information content (AvgIpc) is 2.79. The van der Waals surface area contributed by atoms with Crippen LogP contribution in [-0.2, 0) is 5.75 Å². The van der Waals surface area contributed by atoms with Gasteiger partial charge in [-0.1, -0.05) is 46.3 Å². The molecule has 0 aliphatic carbocycles. The van der Waals surface area contributed by atoms with Crippen LogP contribution in [0.15, 0.2) is 64.1 Å². The van der Waals surface area contributed by atoms with Gasteiger partial charge in [0.2, 0.25) is 0 Å². The molecule has 3 heteroatoms. The van der Waals surface area contributed by atoms with Gasteiger partial charge in [-0.05, 0) is 29.8 Å². The molecule has 18 heavy (non-hydrogen) atoms. The number of fused-ring (bicyclic) bond motifs is 1. The van der Waals surface area contributed by atoms with Crippen LogP contribution in [0.5, 0.6) is 0 Å². The number of H-pyrrole nitrogens is 1. The van der Waals surface area contributed by atoms with E-state index in [0.29, 0.717) is 0 Å². The summed E-state index contributed by atoms with van der Waals surface area (Å²) in [5.74, 6) is 0.978.